The summed E-state index contributed by atoms with van der Waals surface area (Å²) in [7, 11) is 0. The zero-order valence-corrected chi connectivity index (χ0v) is 14.5. The molecule has 2 aliphatic rings. The number of piperidine rings is 1. The third kappa shape index (κ3) is 5.20. The average molecular weight is 338 g/mol. The summed E-state index contributed by atoms with van der Waals surface area (Å²) in [5.74, 6) is 0.409. The van der Waals surface area contributed by atoms with Crippen LogP contribution in [0.25, 0.3) is 0 Å². The Morgan fingerprint density at radius 2 is 2.13 bits per heavy atom. The summed E-state index contributed by atoms with van der Waals surface area (Å²) in [5.41, 5.74) is 2.96. The molecule has 1 amide bonds. The number of hydrogen-bond acceptors (Lipinski definition) is 3. The van der Waals surface area contributed by atoms with Crippen molar-refractivity contribution in [1.82, 2.24) is 15.5 Å². The van der Waals surface area contributed by atoms with Gasteiger partial charge in [0, 0.05) is 32.7 Å². The highest BCUT2D eigenvalue weighted by Crippen LogP contribution is 2.18. The summed E-state index contributed by atoms with van der Waals surface area (Å²) in [6.07, 6.45) is 4.33. The maximum absolute atomic E-state index is 12.0. The lowest BCUT2D eigenvalue weighted by atomic mass is 9.99. The Labute approximate surface area is 145 Å². The number of amides is 1. The van der Waals surface area contributed by atoms with Crippen LogP contribution in [0.2, 0.25) is 0 Å². The van der Waals surface area contributed by atoms with Gasteiger partial charge in [0.05, 0.1) is 5.92 Å². The predicted molar refractivity (Wildman–Crippen MR) is 95.9 cm³/mol. The highest BCUT2D eigenvalue weighted by molar-refractivity contribution is 5.85. The van der Waals surface area contributed by atoms with E-state index in [1.54, 1.807) is 0 Å². The third-order valence-corrected chi connectivity index (χ3v) is 4.83. The molecule has 0 aliphatic carbocycles. The Bertz CT molecular complexity index is 503. The molecule has 0 aromatic heterocycles. The number of nitrogens with zero attached hydrogens (tertiary/aromatic N) is 1. The van der Waals surface area contributed by atoms with Gasteiger partial charge in [-0.25, -0.2) is 0 Å². The average Bonchev–Trinajstić information content (AvgIpc) is 2.59. The van der Waals surface area contributed by atoms with Crippen LogP contribution in [-0.2, 0) is 17.8 Å². The van der Waals surface area contributed by atoms with Crippen LogP contribution in [0.4, 0.5) is 0 Å². The van der Waals surface area contributed by atoms with E-state index in [2.05, 4.69) is 39.8 Å². The minimum Gasteiger partial charge on any atom is -0.356 e. The van der Waals surface area contributed by atoms with Crippen molar-refractivity contribution in [2.24, 2.45) is 5.92 Å². The Kier molecular flexibility index (Phi) is 7.34. The van der Waals surface area contributed by atoms with Crippen molar-refractivity contribution < 1.29 is 4.79 Å². The number of benzene rings is 1. The van der Waals surface area contributed by atoms with E-state index in [1.165, 1.54) is 11.1 Å². The van der Waals surface area contributed by atoms with E-state index in [9.17, 15) is 4.79 Å². The number of rotatable bonds is 5. The van der Waals surface area contributed by atoms with Crippen molar-refractivity contribution in [3.05, 3.63) is 35.4 Å². The molecule has 2 aliphatic heterocycles. The van der Waals surface area contributed by atoms with Gasteiger partial charge in [-0.05, 0) is 43.4 Å². The second-order valence-electron chi connectivity index (χ2n) is 6.48. The van der Waals surface area contributed by atoms with E-state index in [-0.39, 0.29) is 24.2 Å². The quantitative estimate of drug-likeness (QED) is 0.807. The van der Waals surface area contributed by atoms with Crippen molar-refractivity contribution in [3.8, 4) is 0 Å². The first kappa shape index (κ1) is 18.2. The molecule has 1 atom stereocenters. The molecule has 1 saturated heterocycles. The number of carbonyl (C=O) groups is 1. The molecular formula is C18H28ClN3O. The fourth-order valence-electron chi connectivity index (χ4n) is 3.48. The molecule has 5 heteroatoms. The van der Waals surface area contributed by atoms with Crippen LogP contribution < -0.4 is 10.6 Å². The number of halogens is 1. The minimum atomic E-state index is 0. The SMILES string of the molecule is Cl.O=C(NCCCN1CCc2ccccc2C1)[C@@H]1CCCNC1. The number of carbonyl (C=O) groups excluding carboxylic acids is 1. The van der Waals surface area contributed by atoms with E-state index in [0.29, 0.717) is 0 Å². The van der Waals surface area contributed by atoms with Crippen LogP contribution >= 0.6 is 12.4 Å². The van der Waals surface area contributed by atoms with E-state index in [4.69, 9.17) is 0 Å². The van der Waals surface area contributed by atoms with Gasteiger partial charge in [0.1, 0.15) is 0 Å². The third-order valence-electron chi connectivity index (χ3n) is 4.83. The normalized spacial score (nSPS) is 21.1. The van der Waals surface area contributed by atoms with Gasteiger partial charge in [-0.2, -0.15) is 0 Å². The molecule has 0 spiro atoms. The van der Waals surface area contributed by atoms with Crippen LogP contribution in [0.1, 0.15) is 30.4 Å². The van der Waals surface area contributed by atoms with Gasteiger partial charge < -0.3 is 10.6 Å². The molecule has 2 N–H and O–H groups in total. The second kappa shape index (κ2) is 9.26. The molecule has 0 unspecified atom stereocenters. The van der Waals surface area contributed by atoms with Crippen LogP contribution in [0.5, 0.6) is 0 Å². The van der Waals surface area contributed by atoms with Crippen LogP contribution in [-0.4, -0.2) is 43.5 Å². The summed E-state index contributed by atoms with van der Waals surface area (Å²) < 4.78 is 0. The molecular weight excluding hydrogens is 310 g/mol. The first-order chi connectivity index (χ1) is 10.8. The molecule has 3 rings (SSSR count). The van der Waals surface area contributed by atoms with Crippen LogP contribution in [0.15, 0.2) is 24.3 Å². The standard InChI is InChI=1S/C18H27N3O.ClH/c22-18(16-7-3-9-19-13-16)20-10-4-11-21-12-8-15-5-1-2-6-17(15)14-21;/h1-2,5-6,16,19H,3-4,7-14H2,(H,20,22);1H/t16-;/m1./s1. The monoisotopic (exact) mass is 337 g/mol. The highest BCUT2D eigenvalue weighted by Gasteiger charge is 2.20. The fourth-order valence-corrected chi connectivity index (χ4v) is 3.48. The zero-order valence-electron chi connectivity index (χ0n) is 13.7. The van der Waals surface area contributed by atoms with Gasteiger partial charge in [-0.1, -0.05) is 24.3 Å². The van der Waals surface area contributed by atoms with Crippen LogP contribution in [0, 0.1) is 5.92 Å². The largest absolute Gasteiger partial charge is 0.356 e. The van der Waals surface area contributed by atoms with Crippen molar-refractivity contribution in [3.63, 3.8) is 0 Å². The lowest BCUT2D eigenvalue weighted by molar-refractivity contribution is -0.125. The van der Waals surface area contributed by atoms with E-state index in [0.717, 1.165) is 65.0 Å². The van der Waals surface area contributed by atoms with Crippen LogP contribution in [0.3, 0.4) is 0 Å². The molecule has 0 radical (unpaired) electrons. The van der Waals surface area contributed by atoms with Gasteiger partial charge in [0.15, 0.2) is 0 Å². The topological polar surface area (TPSA) is 44.4 Å². The van der Waals surface area contributed by atoms with Gasteiger partial charge in [0.2, 0.25) is 5.91 Å². The summed E-state index contributed by atoms with van der Waals surface area (Å²) in [4.78, 5) is 14.5. The first-order valence-electron chi connectivity index (χ1n) is 8.60. The van der Waals surface area contributed by atoms with Crippen molar-refractivity contribution in [2.75, 3.05) is 32.7 Å². The molecule has 1 fully saturated rings. The Morgan fingerprint density at radius 3 is 2.91 bits per heavy atom. The molecule has 1 aromatic carbocycles. The molecule has 2 heterocycles. The summed E-state index contributed by atoms with van der Waals surface area (Å²) >= 11 is 0. The Hall–Kier alpha value is -1.10. The molecule has 0 bridgehead atoms. The summed E-state index contributed by atoms with van der Waals surface area (Å²) in [6.45, 7) is 5.95. The van der Waals surface area contributed by atoms with Gasteiger partial charge in [-0.3, -0.25) is 9.69 Å². The smallest absolute Gasteiger partial charge is 0.224 e. The van der Waals surface area contributed by atoms with Gasteiger partial charge in [-0.15, -0.1) is 12.4 Å². The predicted octanol–water partition coefficient (Wildman–Crippen LogP) is 1.97. The molecule has 4 nitrogen and oxygen atoms in total. The first-order valence-corrected chi connectivity index (χ1v) is 8.60. The fraction of sp³-hybridized carbons (Fsp3) is 0.611. The maximum atomic E-state index is 12.0. The van der Waals surface area contributed by atoms with Gasteiger partial charge >= 0.3 is 0 Å². The van der Waals surface area contributed by atoms with E-state index >= 15 is 0 Å². The van der Waals surface area contributed by atoms with Crippen molar-refractivity contribution in [1.29, 1.82) is 0 Å². The van der Waals surface area contributed by atoms with Crippen molar-refractivity contribution in [2.45, 2.75) is 32.2 Å². The van der Waals surface area contributed by atoms with Gasteiger partial charge in [0.25, 0.3) is 0 Å². The number of nitrogens with one attached hydrogen (secondary N) is 2. The lowest BCUT2D eigenvalue weighted by Crippen LogP contribution is -2.41. The summed E-state index contributed by atoms with van der Waals surface area (Å²) in [5, 5.41) is 6.40. The minimum absolute atomic E-state index is 0. The van der Waals surface area contributed by atoms with E-state index < -0.39 is 0 Å². The highest BCUT2D eigenvalue weighted by atomic mass is 35.5. The second-order valence-corrected chi connectivity index (χ2v) is 6.48. The lowest BCUT2D eigenvalue weighted by Gasteiger charge is -2.28. The Balaban J connectivity index is 0.00000192. The Morgan fingerprint density at radius 1 is 1.30 bits per heavy atom. The zero-order chi connectivity index (χ0) is 15.2. The summed E-state index contributed by atoms with van der Waals surface area (Å²) in [6, 6.07) is 8.73. The number of fused-ring (bicyclic) bond motifs is 1. The number of hydrogen-bond donors (Lipinski definition) is 2. The maximum Gasteiger partial charge on any atom is 0.224 e. The molecule has 1 aromatic rings. The molecule has 0 saturated carbocycles. The molecule has 128 valence electrons. The van der Waals surface area contributed by atoms with E-state index in [1.807, 2.05) is 0 Å². The van der Waals surface area contributed by atoms with Crippen molar-refractivity contribution >= 4 is 18.3 Å². The molecule has 23 heavy (non-hydrogen) atoms.